The van der Waals surface area contributed by atoms with Gasteiger partial charge in [0.25, 0.3) is 0 Å². The summed E-state index contributed by atoms with van der Waals surface area (Å²) >= 11 is 0. The molecule has 0 bridgehead atoms. The minimum Gasteiger partial charge on any atom is -0.340 e. The molecule has 0 rings (SSSR count). The third-order valence-corrected chi connectivity index (χ3v) is 2.26. The van der Waals surface area contributed by atoms with Crippen LogP contribution in [-0.4, -0.2) is 39.5 Å². The van der Waals surface area contributed by atoms with Crippen LogP contribution in [0.3, 0.4) is 0 Å². The molecule has 0 aliphatic heterocycles. The van der Waals surface area contributed by atoms with Crippen LogP contribution in [0.2, 0.25) is 0 Å². The Kier molecular flexibility index (Phi) is 6.82. The third kappa shape index (κ3) is 6.72. The zero-order chi connectivity index (χ0) is 10.3. The molecule has 0 saturated carbocycles. The van der Waals surface area contributed by atoms with E-state index in [2.05, 4.69) is 19.4 Å². The van der Waals surface area contributed by atoms with Crippen LogP contribution >= 0.6 is 0 Å². The van der Waals surface area contributed by atoms with Gasteiger partial charge < -0.3 is 10.2 Å². The SMILES string of the molecule is CN[C@@H](CCCC[NH+](C)C)C(C)=O. The summed E-state index contributed by atoms with van der Waals surface area (Å²) in [4.78, 5) is 12.5. The summed E-state index contributed by atoms with van der Waals surface area (Å²) in [7, 11) is 6.16. The molecular formula is C10H23N2O+. The topological polar surface area (TPSA) is 33.5 Å². The number of carbonyl (C=O) groups excluding carboxylic acids is 1. The lowest BCUT2D eigenvalue weighted by molar-refractivity contribution is -0.858. The van der Waals surface area contributed by atoms with Gasteiger partial charge in [-0.25, -0.2) is 0 Å². The van der Waals surface area contributed by atoms with Crippen LogP contribution in [0.5, 0.6) is 0 Å². The smallest absolute Gasteiger partial charge is 0.146 e. The zero-order valence-electron chi connectivity index (χ0n) is 9.31. The van der Waals surface area contributed by atoms with Gasteiger partial charge in [-0.1, -0.05) is 0 Å². The van der Waals surface area contributed by atoms with Crippen molar-refractivity contribution >= 4 is 5.78 Å². The maximum atomic E-state index is 11.0. The van der Waals surface area contributed by atoms with Gasteiger partial charge in [-0.05, 0) is 33.2 Å². The number of unbranched alkanes of at least 4 members (excludes halogenated alkanes) is 1. The van der Waals surface area contributed by atoms with Crippen LogP contribution in [0.25, 0.3) is 0 Å². The maximum absolute atomic E-state index is 11.0. The molecule has 0 amide bonds. The Hall–Kier alpha value is -0.410. The molecule has 2 N–H and O–H groups in total. The van der Waals surface area contributed by atoms with Crippen LogP contribution < -0.4 is 10.2 Å². The zero-order valence-corrected chi connectivity index (χ0v) is 9.31. The Morgan fingerprint density at radius 3 is 2.38 bits per heavy atom. The Morgan fingerprint density at radius 1 is 1.38 bits per heavy atom. The molecule has 0 aromatic heterocycles. The molecule has 0 aliphatic rings. The summed E-state index contributed by atoms with van der Waals surface area (Å²) in [5.41, 5.74) is 0. The molecule has 0 radical (unpaired) electrons. The maximum Gasteiger partial charge on any atom is 0.146 e. The van der Waals surface area contributed by atoms with Crippen LogP contribution in [0.1, 0.15) is 26.2 Å². The van der Waals surface area contributed by atoms with Gasteiger partial charge in [0.1, 0.15) is 5.78 Å². The highest BCUT2D eigenvalue weighted by atomic mass is 16.1. The van der Waals surface area contributed by atoms with Gasteiger partial charge in [-0.2, -0.15) is 0 Å². The number of hydrogen-bond donors (Lipinski definition) is 2. The normalized spacial score (nSPS) is 13.3. The first-order chi connectivity index (χ1) is 6.07. The summed E-state index contributed by atoms with van der Waals surface area (Å²) in [5.74, 6) is 0.250. The highest BCUT2D eigenvalue weighted by molar-refractivity contribution is 5.81. The second-order valence-electron chi connectivity index (χ2n) is 3.90. The molecule has 0 saturated heterocycles. The number of rotatable bonds is 7. The van der Waals surface area contributed by atoms with Crippen LogP contribution in [-0.2, 0) is 4.79 Å². The molecule has 0 unspecified atom stereocenters. The predicted octanol–water partition coefficient (Wildman–Crippen LogP) is -0.522. The van der Waals surface area contributed by atoms with Crippen LogP contribution in [0.15, 0.2) is 0 Å². The summed E-state index contributed by atoms with van der Waals surface area (Å²) < 4.78 is 0. The van der Waals surface area contributed by atoms with Crippen molar-refractivity contribution in [3.63, 3.8) is 0 Å². The van der Waals surface area contributed by atoms with E-state index >= 15 is 0 Å². The van der Waals surface area contributed by atoms with Crippen molar-refractivity contribution in [3.05, 3.63) is 0 Å². The molecule has 1 atom stereocenters. The third-order valence-electron chi connectivity index (χ3n) is 2.26. The highest BCUT2D eigenvalue weighted by Crippen LogP contribution is 2.00. The second kappa shape index (κ2) is 7.04. The van der Waals surface area contributed by atoms with Gasteiger partial charge in [0.15, 0.2) is 0 Å². The van der Waals surface area contributed by atoms with E-state index < -0.39 is 0 Å². The minimum absolute atomic E-state index is 0.0668. The second-order valence-corrected chi connectivity index (χ2v) is 3.90. The van der Waals surface area contributed by atoms with E-state index in [4.69, 9.17) is 0 Å². The number of nitrogens with one attached hydrogen (secondary N) is 2. The number of likely N-dealkylation sites (N-methyl/N-ethyl adjacent to an activating group) is 1. The van der Waals surface area contributed by atoms with E-state index in [1.54, 1.807) is 6.92 Å². The Labute approximate surface area is 81.5 Å². The fraction of sp³-hybridized carbons (Fsp3) is 0.900. The fourth-order valence-electron chi connectivity index (χ4n) is 1.38. The van der Waals surface area contributed by atoms with Gasteiger partial charge >= 0.3 is 0 Å². The molecule has 3 nitrogen and oxygen atoms in total. The Morgan fingerprint density at radius 2 is 2.00 bits per heavy atom. The lowest BCUT2D eigenvalue weighted by Crippen LogP contribution is -3.05. The number of quaternary nitrogens is 1. The average Bonchev–Trinajstić information content (AvgIpc) is 2.03. The van der Waals surface area contributed by atoms with Crippen molar-refractivity contribution in [3.8, 4) is 0 Å². The Balaban J connectivity index is 3.44. The van der Waals surface area contributed by atoms with E-state index in [1.165, 1.54) is 17.9 Å². The average molecular weight is 187 g/mol. The number of carbonyl (C=O) groups is 1. The summed E-state index contributed by atoms with van der Waals surface area (Å²) in [6.07, 6.45) is 3.31. The number of hydrogen-bond acceptors (Lipinski definition) is 2. The van der Waals surface area contributed by atoms with Gasteiger partial charge in [-0.3, -0.25) is 4.79 Å². The molecule has 13 heavy (non-hydrogen) atoms. The minimum atomic E-state index is 0.0668. The first-order valence-electron chi connectivity index (χ1n) is 5.04. The summed E-state index contributed by atoms with van der Waals surface area (Å²) in [6, 6.07) is 0.0668. The fourth-order valence-corrected chi connectivity index (χ4v) is 1.38. The van der Waals surface area contributed by atoms with Crippen molar-refractivity contribution in [2.45, 2.75) is 32.2 Å². The van der Waals surface area contributed by atoms with E-state index in [0.717, 1.165) is 12.8 Å². The molecule has 0 aromatic rings. The molecule has 0 aromatic carbocycles. The van der Waals surface area contributed by atoms with Crippen molar-refractivity contribution in [1.29, 1.82) is 0 Å². The highest BCUT2D eigenvalue weighted by Gasteiger charge is 2.10. The lowest BCUT2D eigenvalue weighted by Gasteiger charge is -2.12. The predicted molar refractivity (Wildman–Crippen MR) is 55.1 cm³/mol. The van der Waals surface area contributed by atoms with Gasteiger partial charge in [0, 0.05) is 0 Å². The van der Waals surface area contributed by atoms with Gasteiger partial charge in [-0.15, -0.1) is 0 Å². The summed E-state index contributed by atoms with van der Waals surface area (Å²) in [6.45, 7) is 2.84. The molecular weight excluding hydrogens is 164 g/mol. The van der Waals surface area contributed by atoms with E-state index in [1.807, 2.05) is 7.05 Å². The Bertz CT molecular complexity index is 146. The molecule has 0 fully saturated rings. The molecule has 3 heteroatoms. The lowest BCUT2D eigenvalue weighted by atomic mass is 10.1. The van der Waals surface area contributed by atoms with Crippen molar-refractivity contribution in [1.82, 2.24) is 5.32 Å². The molecule has 78 valence electrons. The van der Waals surface area contributed by atoms with E-state index in [0.29, 0.717) is 0 Å². The van der Waals surface area contributed by atoms with E-state index in [-0.39, 0.29) is 11.8 Å². The molecule has 0 aliphatic carbocycles. The van der Waals surface area contributed by atoms with Crippen molar-refractivity contribution in [2.75, 3.05) is 27.7 Å². The van der Waals surface area contributed by atoms with E-state index in [9.17, 15) is 4.79 Å². The van der Waals surface area contributed by atoms with Crippen LogP contribution in [0.4, 0.5) is 0 Å². The van der Waals surface area contributed by atoms with Crippen molar-refractivity contribution < 1.29 is 9.69 Å². The molecule has 0 spiro atoms. The quantitative estimate of drug-likeness (QED) is 0.526. The van der Waals surface area contributed by atoms with Crippen LogP contribution in [0, 0.1) is 0 Å². The van der Waals surface area contributed by atoms with Crippen molar-refractivity contribution in [2.24, 2.45) is 0 Å². The summed E-state index contributed by atoms with van der Waals surface area (Å²) in [5, 5.41) is 3.03. The molecule has 0 heterocycles. The first-order valence-corrected chi connectivity index (χ1v) is 5.04. The van der Waals surface area contributed by atoms with Gasteiger partial charge in [0.2, 0.25) is 0 Å². The first kappa shape index (κ1) is 12.6. The number of ketones is 1. The standard InChI is InChI=1S/C10H22N2O/c1-9(13)10(11-2)7-5-6-8-12(3)4/h10-11H,5-8H2,1-4H3/p+1/t10-/m0/s1. The monoisotopic (exact) mass is 187 g/mol. The largest absolute Gasteiger partial charge is 0.340 e. The van der Waals surface area contributed by atoms with Gasteiger partial charge in [0.05, 0.1) is 26.7 Å². The number of Topliss-reactive ketones (excluding diaryl/α,β-unsaturated/α-hetero) is 1.